The SMILES string of the molecule is Cc1c([C@@H](C)NC(=O)CSCC#N)cnn1C. The topological polar surface area (TPSA) is 70.7 Å². The number of nitriles is 1. The Morgan fingerprint density at radius 2 is 2.47 bits per heavy atom. The summed E-state index contributed by atoms with van der Waals surface area (Å²) < 4.78 is 1.78. The third-order valence-corrected chi connectivity index (χ3v) is 3.32. The molecule has 92 valence electrons. The van der Waals surface area contributed by atoms with Crippen molar-refractivity contribution in [2.75, 3.05) is 11.5 Å². The lowest BCUT2D eigenvalue weighted by molar-refractivity contribution is -0.119. The van der Waals surface area contributed by atoms with Gasteiger partial charge in [-0.3, -0.25) is 9.48 Å². The molecule has 0 radical (unpaired) electrons. The normalized spacial score (nSPS) is 11.9. The van der Waals surface area contributed by atoms with Gasteiger partial charge in [0, 0.05) is 18.3 Å². The van der Waals surface area contributed by atoms with E-state index in [-0.39, 0.29) is 11.9 Å². The van der Waals surface area contributed by atoms with Gasteiger partial charge in [0.2, 0.25) is 5.91 Å². The van der Waals surface area contributed by atoms with Gasteiger partial charge in [0.25, 0.3) is 0 Å². The van der Waals surface area contributed by atoms with Gasteiger partial charge in [0.05, 0.1) is 29.8 Å². The highest BCUT2D eigenvalue weighted by molar-refractivity contribution is 8.00. The molecular weight excluding hydrogens is 236 g/mol. The molecule has 1 N–H and O–H groups in total. The van der Waals surface area contributed by atoms with Gasteiger partial charge in [0.1, 0.15) is 0 Å². The molecule has 0 aliphatic heterocycles. The standard InChI is InChI=1S/C11H16N4OS/c1-8(10-6-13-15(3)9(10)2)14-11(16)7-17-5-4-12/h6,8H,5,7H2,1-3H3,(H,14,16)/t8-/m1/s1. The number of hydrogen-bond acceptors (Lipinski definition) is 4. The first-order chi connectivity index (χ1) is 8.06. The van der Waals surface area contributed by atoms with Crippen LogP contribution >= 0.6 is 11.8 Å². The largest absolute Gasteiger partial charge is 0.349 e. The lowest BCUT2D eigenvalue weighted by Crippen LogP contribution is -2.28. The number of aryl methyl sites for hydroxylation is 1. The number of hydrogen-bond donors (Lipinski definition) is 1. The van der Waals surface area contributed by atoms with Crippen LogP contribution in [0.15, 0.2) is 6.20 Å². The zero-order valence-corrected chi connectivity index (χ0v) is 11.0. The summed E-state index contributed by atoms with van der Waals surface area (Å²) in [5.41, 5.74) is 2.06. The highest BCUT2D eigenvalue weighted by Crippen LogP contribution is 2.15. The molecule has 0 fully saturated rings. The summed E-state index contributed by atoms with van der Waals surface area (Å²) in [5.74, 6) is 0.603. The van der Waals surface area contributed by atoms with Crippen LogP contribution in [0.1, 0.15) is 24.2 Å². The number of carbonyl (C=O) groups excluding carboxylic acids is 1. The number of nitrogens with one attached hydrogen (secondary N) is 1. The van der Waals surface area contributed by atoms with Crippen molar-refractivity contribution >= 4 is 17.7 Å². The highest BCUT2D eigenvalue weighted by atomic mass is 32.2. The van der Waals surface area contributed by atoms with E-state index in [9.17, 15) is 4.79 Å². The maximum absolute atomic E-state index is 11.6. The molecule has 0 aliphatic carbocycles. The van der Waals surface area contributed by atoms with E-state index in [1.165, 1.54) is 11.8 Å². The molecule has 1 rings (SSSR count). The van der Waals surface area contributed by atoms with Gasteiger partial charge in [-0.25, -0.2) is 0 Å². The number of rotatable bonds is 5. The summed E-state index contributed by atoms with van der Waals surface area (Å²) >= 11 is 1.31. The minimum absolute atomic E-state index is 0.0546. The van der Waals surface area contributed by atoms with Crippen LogP contribution in [0.4, 0.5) is 0 Å². The van der Waals surface area contributed by atoms with Crippen LogP contribution in [0.25, 0.3) is 0 Å². The van der Waals surface area contributed by atoms with Crippen molar-refractivity contribution in [1.82, 2.24) is 15.1 Å². The molecule has 0 spiro atoms. The van der Waals surface area contributed by atoms with E-state index in [0.717, 1.165) is 11.3 Å². The first-order valence-corrected chi connectivity index (χ1v) is 6.44. The number of carbonyl (C=O) groups is 1. The van der Waals surface area contributed by atoms with Crippen molar-refractivity contribution in [2.45, 2.75) is 19.9 Å². The molecular formula is C11H16N4OS. The fourth-order valence-corrected chi connectivity index (χ4v) is 1.95. The van der Waals surface area contributed by atoms with Crippen molar-refractivity contribution in [3.63, 3.8) is 0 Å². The Kier molecular flexibility index (Phi) is 5.04. The minimum Gasteiger partial charge on any atom is -0.349 e. The molecule has 1 atom stereocenters. The first kappa shape index (κ1) is 13.6. The van der Waals surface area contributed by atoms with Crippen LogP contribution < -0.4 is 5.32 Å². The minimum atomic E-state index is -0.0566. The predicted molar refractivity (Wildman–Crippen MR) is 67.4 cm³/mol. The lowest BCUT2D eigenvalue weighted by Gasteiger charge is -2.13. The molecule has 0 bridgehead atoms. The van der Waals surface area contributed by atoms with Crippen LogP contribution in [0, 0.1) is 18.3 Å². The zero-order chi connectivity index (χ0) is 12.8. The molecule has 0 saturated heterocycles. The lowest BCUT2D eigenvalue weighted by atomic mass is 10.1. The molecule has 6 heteroatoms. The average molecular weight is 252 g/mol. The van der Waals surface area contributed by atoms with Crippen molar-refractivity contribution < 1.29 is 4.79 Å². The van der Waals surface area contributed by atoms with Gasteiger partial charge in [0.15, 0.2) is 0 Å². The maximum Gasteiger partial charge on any atom is 0.230 e. The molecule has 0 aliphatic rings. The van der Waals surface area contributed by atoms with Gasteiger partial charge >= 0.3 is 0 Å². The number of amides is 1. The summed E-state index contributed by atoms with van der Waals surface area (Å²) in [6, 6.07) is 1.93. The van der Waals surface area contributed by atoms with E-state index in [2.05, 4.69) is 10.4 Å². The van der Waals surface area contributed by atoms with Crippen LogP contribution in [-0.2, 0) is 11.8 Å². The first-order valence-electron chi connectivity index (χ1n) is 5.28. The third-order valence-electron chi connectivity index (χ3n) is 2.52. The van der Waals surface area contributed by atoms with E-state index in [1.807, 2.05) is 27.0 Å². The van der Waals surface area contributed by atoms with E-state index in [4.69, 9.17) is 5.26 Å². The molecule has 1 aromatic rings. The van der Waals surface area contributed by atoms with Gasteiger partial charge in [-0.15, -0.1) is 11.8 Å². The van der Waals surface area contributed by atoms with Crippen LogP contribution in [0.2, 0.25) is 0 Å². The van der Waals surface area contributed by atoms with Crippen molar-refractivity contribution in [1.29, 1.82) is 5.26 Å². The average Bonchev–Trinajstić information content (AvgIpc) is 2.60. The summed E-state index contributed by atoms with van der Waals surface area (Å²) in [7, 11) is 1.87. The summed E-state index contributed by atoms with van der Waals surface area (Å²) in [6.45, 7) is 3.90. The molecule has 5 nitrogen and oxygen atoms in total. The summed E-state index contributed by atoms with van der Waals surface area (Å²) in [4.78, 5) is 11.6. The molecule has 1 amide bonds. The van der Waals surface area contributed by atoms with E-state index in [0.29, 0.717) is 11.5 Å². The number of aromatic nitrogens is 2. The van der Waals surface area contributed by atoms with Crippen LogP contribution in [0.5, 0.6) is 0 Å². The fraction of sp³-hybridized carbons (Fsp3) is 0.545. The molecule has 17 heavy (non-hydrogen) atoms. The monoisotopic (exact) mass is 252 g/mol. The van der Waals surface area contributed by atoms with Gasteiger partial charge < -0.3 is 5.32 Å². The Morgan fingerprint density at radius 3 is 3.00 bits per heavy atom. The third kappa shape index (κ3) is 3.79. The van der Waals surface area contributed by atoms with E-state index < -0.39 is 0 Å². The Balaban J connectivity index is 2.49. The molecule has 0 aromatic carbocycles. The summed E-state index contributed by atoms with van der Waals surface area (Å²) in [6.07, 6.45) is 1.77. The van der Waals surface area contributed by atoms with Gasteiger partial charge in [-0.05, 0) is 13.8 Å². The van der Waals surface area contributed by atoms with Crippen molar-refractivity contribution in [3.8, 4) is 6.07 Å². The quantitative estimate of drug-likeness (QED) is 0.798. The Morgan fingerprint density at radius 1 is 1.76 bits per heavy atom. The van der Waals surface area contributed by atoms with E-state index >= 15 is 0 Å². The van der Waals surface area contributed by atoms with Gasteiger partial charge in [-0.1, -0.05) is 0 Å². The van der Waals surface area contributed by atoms with Gasteiger partial charge in [-0.2, -0.15) is 10.4 Å². The molecule has 0 saturated carbocycles. The van der Waals surface area contributed by atoms with Crippen molar-refractivity contribution in [2.24, 2.45) is 7.05 Å². The number of nitrogens with zero attached hydrogens (tertiary/aromatic N) is 3. The Bertz CT molecular complexity index is 435. The highest BCUT2D eigenvalue weighted by Gasteiger charge is 2.14. The predicted octanol–water partition coefficient (Wildman–Crippen LogP) is 1.16. The van der Waals surface area contributed by atoms with Crippen LogP contribution in [0.3, 0.4) is 0 Å². The van der Waals surface area contributed by atoms with Crippen molar-refractivity contribution in [3.05, 3.63) is 17.5 Å². The molecule has 1 aromatic heterocycles. The second kappa shape index (κ2) is 6.30. The second-order valence-corrected chi connectivity index (χ2v) is 4.73. The fourth-order valence-electron chi connectivity index (χ4n) is 1.49. The van der Waals surface area contributed by atoms with Crippen LogP contribution in [-0.4, -0.2) is 27.2 Å². The smallest absolute Gasteiger partial charge is 0.230 e. The Hall–Kier alpha value is -1.48. The summed E-state index contributed by atoms with van der Waals surface area (Å²) in [5, 5.41) is 15.4. The molecule has 1 heterocycles. The van der Waals surface area contributed by atoms with E-state index in [1.54, 1.807) is 10.9 Å². The maximum atomic E-state index is 11.6. The zero-order valence-electron chi connectivity index (χ0n) is 10.2. The second-order valence-electron chi connectivity index (χ2n) is 3.75. The molecule has 0 unspecified atom stereocenters. The number of thioether (sulfide) groups is 1. The Labute approximate surface area is 105 Å².